The molecular weight excluding hydrogens is 218 g/mol. The number of aryl methyl sites for hydroxylation is 1. The van der Waals surface area contributed by atoms with Crippen LogP contribution in [0.2, 0.25) is 0 Å². The van der Waals surface area contributed by atoms with Crippen LogP contribution >= 0.6 is 0 Å². The number of nitrogens with zero attached hydrogens (tertiary/aromatic N) is 4. The summed E-state index contributed by atoms with van der Waals surface area (Å²) in [6.45, 7) is 5.64. The SMILES string of the molecule is CCCNCc1nnnn1CCC1CCCO1. The van der Waals surface area contributed by atoms with Crippen LogP contribution in [-0.4, -0.2) is 39.5 Å². The van der Waals surface area contributed by atoms with Crippen molar-refractivity contribution in [1.29, 1.82) is 0 Å². The molecule has 0 spiro atoms. The first-order valence-corrected chi connectivity index (χ1v) is 6.47. The first-order chi connectivity index (χ1) is 8.40. The van der Waals surface area contributed by atoms with Gasteiger partial charge < -0.3 is 10.1 Å². The molecule has 1 fully saturated rings. The van der Waals surface area contributed by atoms with Gasteiger partial charge in [-0.3, -0.25) is 0 Å². The smallest absolute Gasteiger partial charge is 0.165 e. The second-order valence-corrected chi connectivity index (χ2v) is 4.42. The highest BCUT2D eigenvalue weighted by Gasteiger charge is 2.16. The molecule has 0 amide bonds. The summed E-state index contributed by atoms with van der Waals surface area (Å²) < 4.78 is 7.47. The maximum absolute atomic E-state index is 5.59. The fourth-order valence-corrected chi connectivity index (χ4v) is 2.04. The predicted octanol–water partition coefficient (Wildman–Crippen LogP) is 0.742. The van der Waals surface area contributed by atoms with Crippen molar-refractivity contribution in [2.75, 3.05) is 13.2 Å². The highest BCUT2D eigenvalue weighted by molar-refractivity contribution is 4.80. The molecule has 1 N–H and O–H groups in total. The molecule has 0 aromatic carbocycles. The van der Waals surface area contributed by atoms with E-state index >= 15 is 0 Å². The summed E-state index contributed by atoms with van der Waals surface area (Å²) in [6.07, 6.45) is 4.88. The zero-order chi connectivity index (χ0) is 11.9. The predicted molar refractivity (Wildman–Crippen MR) is 63.4 cm³/mol. The van der Waals surface area contributed by atoms with Gasteiger partial charge in [-0.05, 0) is 42.7 Å². The Morgan fingerprint density at radius 1 is 1.53 bits per heavy atom. The lowest BCUT2D eigenvalue weighted by Crippen LogP contribution is -2.19. The summed E-state index contributed by atoms with van der Waals surface area (Å²) in [6, 6.07) is 0. The summed E-state index contributed by atoms with van der Waals surface area (Å²) in [7, 11) is 0. The minimum atomic E-state index is 0.399. The van der Waals surface area contributed by atoms with Gasteiger partial charge in [-0.1, -0.05) is 6.92 Å². The van der Waals surface area contributed by atoms with Crippen LogP contribution in [0, 0.1) is 0 Å². The highest BCUT2D eigenvalue weighted by Crippen LogP contribution is 2.15. The van der Waals surface area contributed by atoms with Crippen molar-refractivity contribution >= 4 is 0 Å². The number of nitrogens with one attached hydrogen (secondary N) is 1. The third-order valence-electron chi connectivity index (χ3n) is 3.00. The third-order valence-corrected chi connectivity index (χ3v) is 3.00. The largest absolute Gasteiger partial charge is 0.378 e. The van der Waals surface area contributed by atoms with Crippen LogP contribution in [0.4, 0.5) is 0 Å². The van der Waals surface area contributed by atoms with Crippen LogP contribution in [0.5, 0.6) is 0 Å². The molecule has 2 rings (SSSR count). The van der Waals surface area contributed by atoms with E-state index in [0.29, 0.717) is 6.10 Å². The minimum Gasteiger partial charge on any atom is -0.378 e. The van der Waals surface area contributed by atoms with Crippen molar-refractivity contribution in [2.24, 2.45) is 0 Å². The van der Waals surface area contributed by atoms with Crippen LogP contribution in [0.15, 0.2) is 0 Å². The molecule has 1 aromatic rings. The second kappa shape index (κ2) is 6.66. The molecule has 17 heavy (non-hydrogen) atoms. The van der Waals surface area contributed by atoms with Crippen LogP contribution in [-0.2, 0) is 17.8 Å². The first-order valence-electron chi connectivity index (χ1n) is 6.47. The van der Waals surface area contributed by atoms with Gasteiger partial charge in [0.25, 0.3) is 0 Å². The van der Waals surface area contributed by atoms with Gasteiger partial charge in [-0.15, -0.1) is 5.10 Å². The summed E-state index contributed by atoms with van der Waals surface area (Å²) in [4.78, 5) is 0. The highest BCUT2D eigenvalue weighted by atomic mass is 16.5. The lowest BCUT2D eigenvalue weighted by Gasteiger charge is -2.09. The molecule has 1 aromatic heterocycles. The molecular formula is C11H21N5O. The molecule has 1 unspecified atom stereocenters. The monoisotopic (exact) mass is 239 g/mol. The lowest BCUT2D eigenvalue weighted by molar-refractivity contribution is 0.0990. The Kier molecular flexibility index (Phi) is 4.88. The van der Waals surface area contributed by atoms with Gasteiger partial charge in [0.1, 0.15) is 0 Å². The summed E-state index contributed by atoms with van der Waals surface area (Å²) in [5.74, 6) is 0.913. The van der Waals surface area contributed by atoms with Gasteiger partial charge in [0, 0.05) is 13.2 Å². The summed E-state index contributed by atoms with van der Waals surface area (Å²) >= 11 is 0. The molecule has 1 aliphatic rings. The van der Waals surface area contributed by atoms with E-state index in [9.17, 15) is 0 Å². The van der Waals surface area contributed by atoms with Crippen molar-refractivity contribution in [3.05, 3.63) is 5.82 Å². The molecule has 1 aliphatic heterocycles. The zero-order valence-corrected chi connectivity index (χ0v) is 10.4. The number of ether oxygens (including phenoxy) is 1. The summed E-state index contributed by atoms with van der Waals surface area (Å²) in [5.41, 5.74) is 0. The summed E-state index contributed by atoms with van der Waals surface area (Å²) in [5, 5.41) is 15.1. The molecule has 0 radical (unpaired) electrons. The third kappa shape index (κ3) is 3.74. The number of hydrogen-bond acceptors (Lipinski definition) is 5. The maximum atomic E-state index is 5.59. The molecule has 1 saturated heterocycles. The Morgan fingerprint density at radius 3 is 3.24 bits per heavy atom. The number of hydrogen-bond donors (Lipinski definition) is 1. The van der Waals surface area contributed by atoms with Crippen LogP contribution < -0.4 is 5.32 Å². The lowest BCUT2D eigenvalue weighted by atomic mass is 10.2. The number of tetrazole rings is 1. The van der Waals surface area contributed by atoms with Crippen molar-refractivity contribution in [3.63, 3.8) is 0 Å². The standard InChI is InChI=1S/C11H21N5O/c1-2-6-12-9-11-13-14-15-16(11)7-5-10-4-3-8-17-10/h10,12H,2-9H2,1H3. The van der Waals surface area contributed by atoms with E-state index in [2.05, 4.69) is 27.8 Å². The topological polar surface area (TPSA) is 64.9 Å². The van der Waals surface area contributed by atoms with Gasteiger partial charge >= 0.3 is 0 Å². The average Bonchev–Trinajstić information content (AvgIpc) is 2.97. The Balaban J connectivity index is 1.76. The van der Waals surface area contributed by atoms with E-state index in [-0.39, 0.29) is 0 Å². The number of rotatable bonds is 7. The number of aromatic nitrogens is 4. The van der Waals surface area contributed by atoms with Crippen molar-refractivity contribution in [1.82, 2.24) is 25.5 Å². The minimum absolute atomic E-state index is 0.399. The quantitative estimate of drug-likeness (QED) is 0.711. The molecule has 0 bridgehead atoms. The van der Waals surface area contributed by atoms with Gasteiger partial charge in [-0.25, -0.2) is 4.68 Å². The van der Waals surface area contributed by atoms with Gasteiger partial charge in [0.2, 0.25) is 0 Å². The Hall–Kier alpha value is -1.01. The molecule has 6 heteroatoms. The van der Waals surface area contributed by atoms with Crippen LogP contribution in [0.1, 0.15) is 38.4 Å². The molecule has 96 valence electrons. The van der Waals surface area contributed by atoms with Crippen molar-refractivity contribution < 1.29 is 4.74 Å². The molecule has 0 saturated carbocycles. The Labute approximate surface area is 102 Å². The average molecular weight is 239 g/mol. The molecule has 1 atom stereocenters. The maximum Gasteiger partial charge on any atom is 0.165 e. The van der Waals surface area contributed by atoms with Crippen molar-refractivity contribution in [2.45, 2.75) is 51.8 Å². The van der Waals surface area contributed by atoms with Crippen LogP contribution in [0.3, 0.4) is 0 Å². The van der Waals surface area contributed by atoms with E-state index in [1.54, 1.807) is 0 Å². The zero-order valence-electron chi connectivity index (χ0n) is 10.4. The molecule has 2 heterocycles. The van der Waals surface area contributed by atoms with E-state index in [1.807, 2.05) is 4.68 Å². The van der Waals surface area contributed by atoms with Gasteiger partial charge in [0.15, 0.2) is 5.82 Å². The fraction of sp³-hybridized carbons (Fsp3) is 0.909. The van der Waals surface area contributed by atoms with Crippen LogP contribution in [0.25, 0.3) is 0 Å². The normalized spacial score (nSPS) is 19.9. The van der Waals surface area contributed by atoms with Crippen molar-refractivity contribution in [3.8, 4) is 0 Å². The molecule has 0 aliphatic carbocycles. The van der Waals surface area contributed by atoms with E-state index < -0.39 is 0 Å². The van der Waals surface area contributed by atoms with E-state index in [4.69, 9.17) is 4.74 Å². The second-order valence-electron chi connectivity index (χ2n) is 4.42. The molecule has 6 nitrogen and oxygen atoms in total. The van der Waals surface area contributed by atoms with E-state index in [1.165, 1.54) is 12.8 Å². The van der Waals surface area contributed by atoms with Gasteiger partial charge in [0.05, 0.1) is 12.6 Å². The fourth-order valence-electron chi connectivity index (χ4n) is 2.04. The first kappa shape index (κ1) is 12.4. The van der Waals surface area contributed by atoms with E-state index in [0.717, 1.165) is 44.9 Å². The Bertz CT molecular complexity index is 321. The van der Waals surface area contributed by atoms with Gasteiger partial charge in [-0.2, -0.15) is 0 Å². The Morgan fingerprint density at radius 2 is 2.47 bits per heavy atom.